The van der Waals surface area contributed by atoms with Crippen LogP contribution in [0.2, 0.25) is 0 Å². The topological polar surface area (TPSA) is 76.7 Å². The molecule has 5 nitrogen and oxygen atoms in total. The maximum Gasteiger partial charge on any atom is 0.371 e. The van der Waals surface area contributed by atoms with Gasteiger partial charge in [-0.25, -0.2) is 4.79 Å². The van der Waals surface area contributed by atoms with Crippen LogP contribution in [0.1, 0.15) is 34.4 Å². The lowest BCUT2D eigenvalue weighted by Gasteiger charge is -2.18. The third kappa shape index (κ3) is 1.65. The third-order valence-electron chi connectivity index (χ3n) is 2.45. The minimum atomic E-state index is -1.26. The highest BCUT2D eigenvalue weighted by molar-refractivity contribution is 5.84. The zero-order valence-corrected chi connectivity index (χ0v) is 8.60. The maximum atomic E-state index is 11.7. The average molecular weight is 222 g/mol. The SMILES string of the molecule is COC1CC=Cc2oc(C(=O)O)cc(=O)c21. The maximum absolute atomic E-state index is 11.7. The number of aromatic carboxylic acids is 1. The molecule has 84 valence electrons. The number of ether oxygens (including phenoxy) is 1. The number of carboxylic acids is 1. The zero-order valence-electron chi connectivity index (χ0n) is 8.60. The van der Waals surface area contributed by atoms with E-state index in [1.807, 2.05) is 0 Å². The highest BCUT2D eigenvalue weighted by Gasteiger charge is 2.23. The molecule has 0 amide bonds. The van der Waals surface area contributed by atoms with Gasteiger partial charge in [0.15, 0.2) is 5.43 Å². The van der Waals surface area contributed by atoms with Gasteiger partial charge in [0.25, 0.3) is 0 Å². The first-order valence-electron chi connectivity index (χ1n) is 4.74. The second kappa shape index (κ2) is 3.94. The van der Waals surface area contributed by atoms with E-state index < -0.39 is 5.97 Å². The van der Waals surface area contributed by atoms with Gasteiger partial charge >= 0.3 is 5.97 Å². The van der Waals surface area contributed by atoms with E-state index >= 15 is 0 Å². The number of methoxy groups -OCH3 is 1. The minimum Gasteiger partial charge on any atom is -0.475 e. The second-order valence-corrected chi connectivity index (χ2v) is 3.42. The lowest BCUT2D eigenvalue weighted by molar-refractivity contribution is 0.0653. The summed E-state index contributed by atoms with van der Waals surface area (Å²) in [7, 11) is 1.50. The first-order valence-corrected chi connectivity index (χ1v) is 4.74. The Hall–Kier alpha value is -1.88. The summed E-state index contributed by atoms with van der Waals surface area (Å²) in [6.07, 6.45) is 3.60. The summed E-state index contributed by atoms with van der Waals surface area (Å²) in [4.78, 5) is 22.4. The van der Waals surface area contributed by atoms with Crippen LogP contribution in [0.15, 0.2) is 21.4 Å². The molecule has 1 aliphatic rings. The van der Waals surface area contributed by atoms with Gasteiger partial charge in [0, 0.05) is 13.2 Å². The first kappa shape index (κ1) is 10.6. The molecule has 1 aromatic rings. The van der Waals surface area contributed by atoms with Gasteiger partial charge in [0.05, 0.1) is 11.7 Å². The van der Waals surface area contributed by atoms with Crippen LogP contribution < -0.4 is 5.43 Å². The fraction of sp³-hybridized carbons (Fsp3) is 0.273. The van der Waals surface area contributed by atoms with E-state index in [1.54, 1.807) is 12.2 Å². The Kier molecular flexibility index (Phi) is 2.62. The molecule has 1 atom stereocenters. The van der Waals surface area contributed by atoms with Crippen LogP contribution in [-0.2, 0) is 4.74 Å². The standard InChI is InChI=1S/C11H10O5/c1-15-7-3-2-4-8-10(7)6(12)5-9(16-8)11(13)14/h2,4-5,7H,3H2,1H3,(H,13,14). The van der Waals surface area contributed by atoms with Crippen molar-refractivity contribution >= 4 is 12.0 Å². The molecule has 0 aromatic carbocycles. The molecule has 0 fully saturated rings. The summed E-state index contributed by atoms with van der Waals surface area (Å²) in [6.45, 7) is 0. The van der Waals surface area contributed by atoms with Gasteiger partial charge in [0.1, 0.15) is 5.76 Å². The smallest absolute Gasteiger partial charge is 0.371 e. The number of hydrogen-bond acceptors (Lipinski definition) is 4. The largest absolute Gasteiger partial charge is 0.475 e. The molecule has 0 saturated carbocycles. The van der Waals surface area contributed by atoms with E-state index in [-0.39, 0.29) is 23.1 Å². The second-order valence-electron chi connectivity index (χ2n) is 3.42. The molecule has 0 bridgehead atoms. The highest BCUT2D eigenvalue weighted by Crippen LogP contribution is 2.27. The van der Waals surface area contributed by atoms with Crippen molar-refractivity contribution in [1.29, 1.82) is 0 Å². The van der Waals surface area contributed by atoms with E-state index in [0.717, 1.165) is 6.07 Å². The van der Waals surface area contributed by atoms with Crippen LogP contribution in [-0.4, -0.2) is 18.2 Å². The van der Waals surface area contributed by atoms with Gasteiger partial charge in [-0.1, -0.05) is 6.08 Å². The number of hydrogen-bond donors (Lipinski definition) is 1. The van der Waals surface area contributed by atoms with Gasteiger partial charge in [-0.2, -0.15) is 0 Å². The predicted molar refractivity (Wildman–Crippen MR) is 55.3 cm³/mol. The third-order valence-corrected chi connectivity index (χ3v) is 2.45. The molecular weight excluding hydrogens is 212 g/mol. The first-order chi connectivity index (χ1) is 7.63. The summed E-state index contributed by atoms with van der Waals surface area (Å²) in [6, 6.07) is 0.979. The van der Waals surface area contributed by atoms with Crippen molar-refractivity contribution in [3.63, 3.8) is 0 Å². The molecular formula is C11H10O5. The fourth-order valence-corrected chi connectivity index (χ4v) is 1.70. The molecule has 0 spiro atoms. The number of rotatable bonds is 2. The Morgan fingerprint density at radius 1 is 1.62 bits per heavy atom. The summed E-state index contributed by atoms with van der Waals surface area (Å²) >= 11 is 0. The van der Waals surface area contributed by atoms with Crippen LogP contribution in [0.3, 0.4) is 0 Å². The molecule has 1 aliphatic carbocycles. The van der Waals surface area contributed by atoms with Crippen LogP contribution in [0, 0.1) is 0 Å². The van der Waals surface area contributed by atoms with Crippen LogP contribution in [0.4, 0.5) is 0 Å². The molecule has 1 aromatic heterocycles. The molecule has 1 heterocycles. The Labute approximate surface area is 91.0 Å². The van der Waals surface area contributed by atoms with Crippen molar-refractivity contribution in [3.8, 4) is 0 Å². The van der Waals surface area contributed by atoms with Crippen molar-refractivity contribution in [2.75, 3.05) is 7.11 Å². The summed E-state index contributed by atoms with van der Waals surface area (Å²) in [5.74, 6) is -1.35. The Morgan fingerprint density at radius 2 is 2.38 bits per heavy atom. The molecule has 0 saturated heterocycles. The Morgan fingerprint density at radius 3 is 3.00 bits per heavy atom. The lowest BCUT2D eigenvalue weighted by Crippen LogP contribution is -2.19. The quantitative estimate of drug-likeness (QED) is 0.819. The van der Waals surface area contributed by atoms with Gasteiger partial charge in [0.2, 0.25) is 5.76 Å². The molecule has 16 heavy (non-hydrogen) atoms. The number of carboxylic acid groups (broad SMARTS) is 1. The van der Waals surface area contributed by atoms with Crippen molar-refractivity contribution in [2.45, 2.75) is 12.5 Å². The number of carbonyl (C=O) groups is 1. The normalized spacial score (nSPS) is 18.2. The van der Waals surface area contributed by atoms with Crippen LogP contribution in [0.25, 0.3) is 6.08 Å². The summed E-state index contributed by atoms with van der Waals surface area (Å²) in [5, 5.41) is 8.75. The monoisotopic (exact) mass is 222 g/mol. The van der Waals surface area contributed by atoms with Crippen molar-refractivity contribution in [3.05, 3.63) is 39.4 Å². The highest BCUT2D eigenvalue weighted by atomic mass is 16.5. The zero-order chi connectivity index (χ0) is 11.7. The van der Waals surface area contributed by atoms with Gasteiger partial charge in [-0.3, -0.25) is 4.79 Å². The Balaban J connectivity index is 2.63. The van der Waals surface area contributed by atoms with E-state index in [1.165, 1.54) is 7.11 Å². The van der Waals surface area contributed by atoms with Crippen LogP contribution >= 0.6 is 0 Å². The van der Waals surface area contributed by atoms with E-state index in [2.05, 4.69) is 0 Å². The number of fused-ring (bicyclic) bond motifs is 1. The molecule has 2 rings (SSSR count). The molecule has 5 heteroatoms. The van der Waals surface area contributed by atoms with Crippen LogP contribution in [0.5, 0.6) is 0 Å². The molecule has 0 radical (unpaired) electrons. The van der Waals surface area contributed by atoms with Crippen molar-refractivity contribution in [1.82, 2.24) is 0 Å². The average Bonchev–Trinajstić information content (AvgIpc) is 2.27. The lowest BCUT2D eigenvalue weighted by atomic mass is 9.99. The molecule has 1 N–H and O–H groups in total. The predicted octanol–water partition coefficient (Wildman–Crippen LogP) is 1.44. The van der Waals surface area contributed by atoms with E-state index in [0.29, 0.717) is 12.0 Å². The van der Waals surface area contributed by atoms with E-state index in [4.69, 9.17) is 14.3 Å². The molecule has 1 unspecified atom stereocenters. The van der Waals surface area contributed by atoms with Crippen molar-refractivity contribution < 1.29 is 19.1 Å². The Bertz CT molecular complexity index is 512. The van der Waals surface area contributed by atoms with Gasteiger partial charge in [-0.05, 0) is 12.5 Å². The van der Waals surface area contributed by atoms with Crippen molar-refractivity contribution in [2.24, 2.45) is 0 Å². The van der Waals surface area contributed by atoms with E-state index in [9.17, 15) is 9.59 Å². The van der Waals surface area contributed by atoms with Gasteiger partial charge in [-0.15, -0.1) is 0 Å². The van der Waals surface area contributed by atoms with Gasteiger partial charge < -0.3 is 14.3 Å². The summed E-state index contributed by atoms with van der Waals surface area (Å²) < 4.78 is 10.2. The fourth-order valence-electron chi connectivity index (χ4n) is 1.70. The summed E-state index contributed by atoms with van der Waals surface area (Å²) in [5.41, 5.74) is 0.0184. The minimum absolute atomic E-state index is 0.267. The molecule has 0 aliphatic heterocycles.